The van der Waals surface area contributed by atoms with Crippen molar-refractivity contribution in [3.63, 3.8) is 0 Å². The van der Waals surface area contributed by atoms with Gasteiger partial charge < -0.3 is 10.2 Å². The largest absolute Gasteiger partial charge is 0.371 e. The summed E-state index contributed by atoms with van der Waals surface area (Å²) in [4.78, 5) is 16.1. The number of rotatable bonds is 3. The Labute approximate surface area is 185 Å². The third-order valence-corrected chi connectivity index (χ3v) is 8.00. The van der Waals surface area contributed by atoms with Gasteiger partial charge in [-0.3, -0.25) is 4.79 Å². The van der Waals surface area contributed by atoms with Crippen molar-refractivity contribution in [3.8, 4) is 0 Å². The van der Waals surface area contributed by atoms with Gasteiger partial charge in [0.25, 0.3) is 0 Å². The van der Waals surface area contributed by atoms with Crippen LogP contribution in [0.25, 0.3) is 0 Å². The van der Waals surface area contributed by atoms with Crippen LogP contribution in [0.15, 0.2) is 57.5 Å². The van der Waals surface area contributed by atoms with E-state index in [2.05, 4.69) is 79.3 Å². The maximum atomic E-state index is 13.6. The summed E-state index contributed by atoms with van der Waals surface area (Å²) >= 11 is 0. The molecule has 4 aliphatic rings. The molecule has 0 radical (unpaired) electrons. The monoisotopic (exact) mass is 418 g/mol. The Bertz CT molecular complexity index is 1010. The summed E-state index contributed by atoms with van der Waals surface area (Å²) in [7, 11) is 0. The van der Waals surface area contributed by atoms with E-state index in [4.69, 9.17) is 0 Å². The van der Waals surface area contributed by atoms with Gasteiger partial charge in [0.1, 0.15) is 0 Å². The van der Waals surface area contributed by atoms with E-state index in [1.54, 1.807) is 0 Å². The highest BCUT2D eigenvalue weighted by Crippen LogP contribution is 2.54. The molecule has 31 heavy (non-hydrogen) atoms. The molecule has 1 aliphatic carbocycles. The van der Waals surface area contributed by atoms with Crippen molar-refractivity contribution in [3.05, 3.63) is 52.9 Å². The van der Waals surface area contributed by atoms with Gasteiger partial charge in [-0.25, -0.2) is 0 Å². The topological polar surface area (TPSA) is 57.1 Å². The molecule has 1 aromatic carbocycles. The summed E-state index contributed by atoms with van der Waals surface area (Å²) in [6, 6.07) is 8.91. The van der Waals surface area contributed by atoms with Gasteiger partial charge in [-0.2, -0.15) is 10.2 Å². The number of ketones is 1. The number of anilines is 1. The number of nitrogens with one attached hydrogen (secondary N) is 1. The van der Waals surface area contributed by atoms with Gasteiger partial charge in [0.05, 0.1) is 11.6 Å². The molecule has 1 aromatic rings. The highest BCUT2D eigenvalue weighted by Gasteiger charge is 2.53. The molecule has 3 aliphatic heterocycles. The predicted molar refractivity (Wildman–Crippen MR) is 124 cm³/mol. The fourth-order valence-corrected chi connectivity index (χ4v) is 6.20. The number of hydrogen-bond acceptors (Lipinski definition) is 5. The van der Waals surface area contributed by atoms with Crippen LogP contribution in [0.1, 0.15) is 59.4 Å². The van der Waals surface area contributed by atoms with Gasteiger partial charge in [-0.05, 0) is 47.8 Å². The summed E-state index contributed by atoms with van der Waals surface area (Å²) in [5.74, 6) is 1.65. The molecule has 4 atom stereocenters. The van der Waals surface area contributed by atoms with E-state index in [-0.39, 0.29) is 17.4 Å². The zero-order valence-electron chi connectivity index (χ0n) is 19.4. The maximum Gasteiger partial charge on any atom is 0.164 e. The van der Waals surface area contributed by atoms with Crippen molar-refractivity contribution in [2.75, 3.05) is 18.0 Å². The number of benzene rings is 1. The first-order chi connectivity index (χ1) is 14.7. The van der Waals surface area contributed by atoms with Crippen LogP contribution in [-0.4, -0.2) is 25.0 Å². The number of carbonyl (C=O) groups is 1. The Morgan fingerprint density at radius 3 is 2.61 bits per heavy atom. The molecular weight excluding hydrogens is 384 g/mol. The van der Waals surface area contributed by atoms with Crippen LogP contribution in [0.5, 0.6) is 0 Å². The lowest BCUT2D eigenvalue weighted by atomic mass is 9.59. The van der Waals surface area contributed by atoms with Crippen molar-refractivity contribution in [1.82, 2.24) is 5.32 Å². The Kier molecular flexibility index (Phi) is 4.65. The Balaban J connectivity index is 1.66. The van der Waals surface area contributed by atoms with Crippen molar-refractivity contribution in [2.45, 2.75) is 65.5 Å². The summed E-state index contributed by atoms with van der Waals surface area (Å²) in [5, 5.41) is 12.3. The van der Waals surface area contributed by atoms with E-state index in [9.17, 15) is 4.79 Å². The molecule has 164 valence electrons. The third-order valence-electron chi connectivity index (χ3n) is 8.00. The lowest BCUT2D eigenvalue weighted by molar-refractivity contribution is -0.119. The lowest BCUT2D eigenvalue weighted by Gasteiger charge is -2.48. The number of nitrogens with zero attached hydrogens (tertiary/aromatic N) is 3. The Morgan fingerprint density at radius 1 is 1.16 bits per heavy atom. The minimum absolute atomic E-state index is 0.0387. The molecule has 0 bridgehead atoms. The summed E-state index contributed by atoms with van der Waals surface area (Å²) in [5.41, 5.74) is 5.09. The molecule has 1 unspecified atom stereocenters. The average molecular weight is 419 g/mol. The zero-order chi connectivity index (χ0) is 22.0. The molecule has 0 saturated carbocycles. The van der Waals surface area contributed by atoms with Crippen LogP contribution in [0.4, 0.5) is 5.69 Å². The fraction of sp³-hybridized carbons (Fsp3) is 0.577. The second-order valence-corrected chi connectivity index (χ2v) is 10.8. The minimum atomic E-state index is -0.463. The van der Waals surface area contributed by atoms with E-state index in [0.717, 1.165) is 42.8 Å². The predicted octanol–water partition coefficient (Wildman–Crippen LogP) is 5.35. The molecule has 5 nitrogen and oxygen atoms in total. The van der Waals surface area contributed by atoms with Crippen LogP contribution < -0.4 is 10.2 Å². The number of allylic oxidation sites excluding steroid dienone is 2. The second kappa shape index (κ2) is 7.04. The van der Waals surface area contributed by atoms with Crippen LogP contribution in [0, 0.1) is 17.3 Å². The van der Waals surface area contributed by atoms with E-state index in [1.807, 2.05) is 6.20 Å². The van der Waals surface area contributed by atoms with E-state index < -0.39 is 5.41 Å². The summed E-state index contributed by atoms with van der Waals surface area (Å²) in [6.07, 6.45) is 4.00. The first-order valence-corrected chi connectivity index (χ1v) is 11.7. The molecule has 0 amide bonds. The van der Waals surface area contributed by atoms with E-state index >= 15 is 0 Å². The highest BCUT2D eigenvalue weighted by atomic mass is 16.1. The third kappa shape index (κ3) is 3.07. The number of carbonyl (C=O) groups excluding carboxylic acids is 1. The van der Waals surface area contributed by atoms with Gasteiger partial charge in [-0.1, -0.05) is 46.8 Å². The first kappa shape index (κ1) is 20.5. The molecule has 5 heteroatoms. The fourth-order valence-electron chi connectivity index (χ4n) is 6.20. The molecule has 0 aromatic heterocycles. The van der Waals surface area contributed by atoms with E-state index in [0.29, 0.717) is 18.3 Å². The van der Waals surface area contributed by atoms with Crippen LogP contribution >= 0.6 is 0 Å². The van der Waals surface area contributed by atoms with Gasteiger partial charge in [0.2, 0.25) is 0 Å². The normalized spacial score (nSPS) is 33.8. The van der Waals surface area contributed by atoms with Gasteiger partial charge >= 0.3 is 0 Å². The molecular formula is C26H34N4O. The van der Waals surface area contributed by atoms with Gasteiger partial charge in [0.15, 0.2) is 11.9 Å². The van der Waals surface area contributed by atoms with Crippen LogP contribution in [-0.2, 0) is 10.2 Å². The SMILES string of the molecule is CC[C@]1(c2cccc(N3C[C@H](C)[C@@H](C)C3)c2)C2=CN=NC2NC2=C1C(=O)CC(C)(C)C2. The first-order valence-electron chi connectivity index (χ1n) is 11.7. The molecule has 1 saturated heterocycles. The average Bonchev–Trinajstić information content (AvgIpc) is 3.32. The number of hydrogen-bond donors (Lipinski definition) is 1. The number of fused-ring (bicyclic) bond motifs is 1. The second-order valence-electron chi connectivity index (χ2n) is 10.8. The summed E-state index contributed by atoms with van der Waals surface area (Å²) in [6.45, 7) is 13.4. The van der Waals surface area contributed by atoms with E-state index in [1.165, 1.54) is 11.3 Å². The smallest absolute Gasteiger partial charge is 0.164 e. The maximum absolute atomic E-state index is 13.6. The van der Waals surface area contributed by atoms with Crippen molar-refractivity contribution >= 4 is 11.5 Å². The minimum Gasteiger partial charge on any atom is -0.371 e. The molecule has 0 spiro atoms. The molecule has 3 heterocycles. The van der Waals surface area contributed by atoms with Gasteiger partial charge in [-0.15, -0.1) is 0 Å². The van der Waals surface area contributed by atoms with Gasteiger partial charge in [0, 0.05) is 42.0 Å². The molecule has 1 fully saturated rings. The standard InChI is InChI=1S/C26H34N4O/c1-6-26(18-8-7-9-19(10-18)30-14-16(2)17(3)15-30)20-13-27-29-24(20)28-21-11-25(4,5)12-22(31)23(21)26/h7-10,13,16-17,24,28H,6,11-12,14-15H2,1-5H3/t16-,17-,24?,26-/m0/s1. The Hall–Kier alpha value is -2.43. The van der Waals surface area contributed by atoms with Crippen LogP contribution in [0.2, 0.25) is 0 Å². The Morgan fingerprint density at radius 2 is 1.90 bits per heavy atom. The number of azo groups is 1. The molecule has 5 rings (SSSR count). The van der Waals surface area contributed by atoms with Crippen molar-refractivity contribution < 1.29 is 4.79 Å². The van der Waals surface area contributed by atoms with Crippen molar-refractivity contribution in [1.29, 1.82) is 0 Å². The summed E-state index contributed by atoms with van der Waals surface area (Å²) < 4.78 is 0. The number of Topliss-reactive ketones (excluding diaryl/α,β-unsaturated/α-hetero) is 1. The highest BCUT2D eigenvalue weighted by molar-refractivity contribution is 6.01. The van der Waals surface area contributed by atoms with Crippen molar-refractivity contribution in [2.24, 2.45) is 27.5 Å². The molecule has 1 N–H and O–H groups in total. The zero-order valence-corrected chi connectivity index (χ0v) is 19.4. The quantitative estimate of drug-likeness (QED) is 0.720. The van der Waals surface area contributed by atoms with Crippen LogP contribution in [0.3, 0.4) is 0 Å². The lowest BCUT2D eigenvalue weighted by Crippen LogP contribution is -2.51.